The Morgan fingerprint density at radius 3 is 1.00 bits per heavy atom. The molecule has 0 unspecified atom stereocenters. The standard InChI is InChI=1S/2Al.H3N.H2O4S/c;;;1-5(2,3)4/h;;1H3;(H2,1,2,3,4)/q2*+3;;/p-2. The van der Waals surface area contributed by atoms with Gasteiger partial charge >= 0.3 is 34.7 Å². The summed E-state index contributed by atoms with van der Waals surface area (Å²) in [6, 6.07) is 0. The minimum absolute atomic E-state index is 0. The van der Waals surface area contributed by atoms with Gasteiger partial charge in [-0.2, -0.15) is 0 Å². The largest absolute Gasteiger partial charge is 3.00 e. The van der Waals surface area contributed by atoms with E-state index in [0.717, 1.165) is 0 Å². The quantitative estimate of drug-likeness (QED) is 0.256. The van der Waals surface area contributed by atoms with Crippen molar-refractivity contribution >= 4 is 45.1 Å². The molecule has 0 fully saturated rings. The van der Waals surface area contributed by atoms with Crippen LogP contribution in [0.25, 0.3) is 0 Å². The third kappa shape index (κ3) is 299. The van der Waals surface area contributed by atoms with E-state index in [9.17, 15) is 0 Å². The fourth-order valence-corrected chi connectivity index (χ4v) is 0. The molecule has 0 heterocycles. The summed E-state index contributed by atoms with van der Waals surface area (Å²) in [5.41, 5.74) is 0. The van der Waals surface area contributed by atoms with Crippen LogP contribution in [0.3, 0.4) is 0 Å². The summed E-state index contributed by atoms with van der Waals surface area (Å²) in [6.45, 7) is 0. The summed E-state index contributed by atoms with van der Waals surface area (Å²) >= 11 is 0. The van der Waals surface area contributed by atoms with Gasteiger partial charge in [-0.15, -0.1) is 0 Å². The van der Waals surface area contributed by atoms with E-state index in [1.165, 1.54) is 0 Å². The molecule has 0 aliphatic heterocycles. The van der Waals surface area contributed by atoms with Crippen molar-refractivity contribution in [1.29, 1.82) is 0 Å². The van der Waals surface area contributed by atoms with Gasteiger partial charge in [0.2, 0.25) is 0 Å². The van der Waals surface area contributed by atoms with Crippen LogP contribution in [0.2, 0.25) is 0 Å². The van der Waals surface area contributed by atoms with Gasteiger partial charge in [-0.1, -0.05) is 0 Å². The van der Waals surface area contributed by atoms with Crippen LogP contribution in [0, 0.1) is 0 Å². The molecule has 5 nitrogen and oxygen atoms in total. The second-order valence-corrected chi connectivity index (χ2v) is 1.22. The Balaban J connectivity index is -0.0000000267. The zero-order chi connectivity index (χ0) is 4.50. The molecule has 0 aromatic carbocycles. The van der Waals surface area contributed by atoms with Crippen LogP contribution in [-0.2, 0) is 10.4 Å². The molecule has 0 radical (unpaired) electrons. The van der Waals surface area contributed by atoms with Gasteiger partial charge in [0.1, 0.15) is 0 Å². The first kappa shape index (κ1) is 23.1. The van der Waals surface area contributed by atoms with Crippen molar-refractivity contribution in [3.05, 3.63) is 0 Å². The summed E-state index contributed by atoms with van der Waals surface area (Å²) in [6.07, 6.45) is 0. The van der Waals surface area contributed by atoms with Gasteiger partial charge in [-0.25, -0.2) is 0 Å². The maximum atomic E-state index is 8.52. The first-order valence-electron chi connectivity index (χ1n) is 0.667. The maximum absolute atomic E-state index is 8.52. The van der Waals surface area contributed by atoms with Crippen molar-refractivity contribution in [2.45, 2.75) is 0 Å². The molecule has 0 rings (SSSR count). The fourth-order valence-electron chi connectivity index (χ4n) is 0. The van der Waals surface area contributed by atoms with Gasteiger partial charge in [0.05, 0.1) is 0 Å². The second-order valence-electron chi connectivity index (χ2n) is 0.408. The molecule has 0 aromatic heterocycles. The molecule has 0 amide bonds. The summed E-state index contributed by atoms with van der Waals surface area (Å²) < 4.78 is 34.1. The molecule has 0 aliphatic carbocycles. The van der Waals surface area contributed by atoms with E-state index in [-0.39, 0.29) is 40.9 Å². The van der Waals surface area contributed by atoms with Gasteiger partial charge in [-0.05, 0) is 0 Å². The monoisotopic (exact) mass is 167 g/mol. The van der Waals surface area contributed by atoms with Crippen molar-refractivity contribution < 1.29 is 17.5 Å². The molecule has 0 aliphatic rings. The number of hydrogen-bond acceptors (Lipinski definition) is 5. The van der Waals surface area contributed by atoms with Crippen LogP contribution < -0.4 is 6.15 Å². The van der Waals surface area contributed by atoms with E-state index < -0.39 is 10.4 Å². The Hall–Kier alpha value is 0.895. The molecule has 40 valence electrons. The Morgan fingerprint density at radius 2 is 1.00 bits per heavy atom. The second kappa shape index (κ2) is 7.89. The van der Waals surface area contributed by atoms with Gasteiger partial charge in [0, 0.05) is 10.4 Å². The predicted molar refractivity (Wildman–Crippen MR) is 27.0 cm³/mol. The minimum atomic E-state index is -5.17. The maximum Gasteiger partial charge on any atom is 3.00 e. The van der Waals surface area contributed by atoms with Crippen molar-refractivity contribution in [2.24, 2.45) is 0 Å². The Bertz CT molecular complexity index is 97.2. The summed E-state index contributed by atoms with van der Waals surface area (Å²) in [7, 11) is -5.17. The van der Waals surface area contributed by atoms with E-state index >= 15 is 0 Å². The topological polar surface area (TPSA) is 115 Å². The Morgan fingerprint density at radius 1 is 1.00 bits per heavy atom. The third-order valence-electron chi connectivity index (χ3n) is 0. The van der Waals surface area contributed by atoms with Crippen LogP contribution in [0.15, 0.2) is 0 Å². The van der Waals surface area contributed by atoms with Crippen molar-refractivity contribution in [3.63, 3.8) is 0 Å². The summed E-state index contributed by atoms with van der Waals surface area (Å²) in [4.78, 5) is 0. The fraction of sp³-hybridized carbons (Fsp3) is 0. The average Bonchev–Trinajstić information content (AvgIpc) is 0.722. The third-order valence-corrected chi connectivity index (χ3v) is 0. The molecule has 0 aromatic rings. The first-order valence-corrected chi connectivity index (χ1v) is 2.00. The minimum Gasteiger partial charge on any atom is -0.759 e. The molecule has 3 N–H and O–H groups in total. The van der Waals surface area contributed by atoms with E-state index in [0.29, 0.717) is 0 Å². The molecule has 8 heteroatoms. The Labute approximate surface area is 68.9 Å². The number of hydrogen-bond donors (Lipinski definition) is 1. The van der Waals surface area contributed by atoms with Crippen molar-refractivity contribution in [3.8, 4) is 0 Å². The molecular weight excluding hydrogens is 164 g/mol. The van der Waals surface area contributed by atoms with Gasteiger partial charge < -0.3 is 15.3 Å². The molecular formula is H3Al2NO4S+4. The van der Waals surface area contributed by atoms with Crippen molar-refractivity contribution in [1.82, 2.24) is 6.15 Å². The van der Waals surface area contributed by atoms with Crippen LogP contribution in [0.1, 0.15) is 0 Å². The smallest absolute Gasteiger partial charge is 0.759 e. The van der Waals surface area contributed by atoms with E-state index in [4.69, 9.17) is 17.5 Å². The molecule has 0 spiro atoms. The predicted octanol–water partition coefficient (Wildman–Crippen LogP) is -1.94. The molecule has 0 atom stereocenters. The van der Waals surface area contributed by atoms with Crippen LogP contribution in [0.4, 0.5) is 0 Å². The zero-order valence-electron chi connectivity index (χ0n) is 3.90. The van der Waals surface area contributed by atoms with E-state index in [1.807, 2.05) is 0 Å². The van der Waals surface area contributed by atoms with Crippen LogP contribution >= 0.6 is 0 Å². The Kier molecular flexibility index (Phi) is 22.8. The van der Waals surface area contributed by atoms with Crippen LogP contribution in [0.5, 0.6) is 0 Å². The van der Waals surface area contributed by atoms with E-state index in [2.05, 4.69) is 0 Å². The van der Waals surface area contributed by atoms with E-state index in [1.54, 1.807) is 0 Å². The molecule has 0 saturated heterocycles. The summed E-state index contributed by atoms with van der Waals surface area (Å²) in [5.74, 6) is 0. The van der Waals surface area contributed by atoms with Crippen LogP contribution in [-0.4, -0.2) is 52.2 Å². The van der Waals surface area contributed by atoms with Crippen molar-refractivity contribution in [2.75, 3.05) is 0 Å². The number of rotatable bonds is 0. The average molecular weight is 167 g/mol. The zero-order valence-corrected chi connectivity index (χ0v) is 7.03. The normalized spacial score (nSPS) is 7.25. The summed E-state index contributed by atoms with van der Waals surface area (Å²) in [5, 5.41) is 0. The SMILES string of the molecule is N.O=S(=O)([O-])[O-].[Al+3].[Al+3]. The molecule has 0 saturated carbocycles. The van der Waals surface area contributed by atoms with Gasteiger partial charge in [0.25, 0.3) is 0 Å². The molecule has 8 heavy (non-hydrogen) atoms. The first-order chi connectivity index (χ1) is 2.00. The molecule has 0 bridgehead atoms. The van der Waals surface area contributed by atoms with Gasteiger partial charge in [0.15, 0.2) is 0 Å². The van der Waals surface area contributed by atoms with Gasteiger partial charge in [-0.3, -0.25) is 8.42 Å².